The van der Waals surface area contributed by atoms with Gasteiger partial charge in [0.1, 0.15) is 0 Å². The van der Waals surface area contributed by atoms with Crippen molar-refractivity contribution in [1.82, 2.24) is 24.6 Å². The summed E-state index contributed by atoms with van der Waals surface area (Å²) in [5.41, 5.74) is 4.05. The van der Waals surface area contributed by atoms with E-state index in [2.05, 4.69) is 34.2 Å². The van der Waals surface area contributed by atoms with E-state index >= 15 is 0 Å². The summed E-state index contributed by atoms with van der Waals surface area (Å²) in [7, 11) is 0. The number of nitrogens with one attached hydrogen (secondary N) is 1. The number of aryl methyl sites for hydroxylation is 3. The van der Waals surface area contributed by atoms with Crippen LogP contribution in [0.3, 0.4) is 0 Å². The number of carbonyl (C=O) groups is 1. The van der Waals surface area contributed by atoms with Gasteiger partial charge in [-0.3, -0.25) is 4.79 Å². The standard InChI is InChI=1S/C23H24BrN5O/c1-16-14-17(2)26-22-21(16)23(28-11-5-6-12-28)27-29(22)13-7-10-20(30)25-15-18-8-3-4-9-19(18)24/h3-6,8-9,11-12,14H,7,10,13,15H2,1-2H3,(H,25,30). The van der Waals surface area contributed by atoms with Crippen molar-refractivity contribution in [3.8, 4) is 5.82 Å². The van der Waals surface area contributed by atoms with E-state index in [1.165, 1.54) is 0 Å². The van der Waals surface area contributed by atoms with Gasteiger partial charge in [-0.2, -0.15) is 5.10 Å². The summed E-state index contributed by atoms with van der Waals surface area (Å²) in [4.78, 5) is 17.0. The molecule has 1 N–H and O–H groups in total. The molecule has 3 heterocycles. The number of pyridine rings is 1. The molecule has 1 aromatic carbocycles. The fourth-order valence-electron chi connectivity index (χ4n) is 3.62. The number of halogens is 1. The van der Waals surface area contributed by atoms with Crippen molar-refractivity contribution in [3.05, 3.63) is 76.2 Å². The number of hydrogen-bond donors (Lipinski definition) is 1. The Morgan fingerprint density at radius 2 is 1.90 bits per heavy atom. The van der Waals surface area contributed by atoms with Gasteiger partial charge in [0, 0.05) is 42.1 Å². The second kappa shape index (κ2) is 8.83. The van der Waals surface area contributed by atoms with Gasteiger partial charge >= 0.3 is 0 Å². The SMILES string of the molecule is Cc1cc(C)c2c(-n3cccc3)nn(CCCC(=O)NCc3ccccc3Br)c2n1. The molecule has 0 aliphatic heterocycles. The van der Waals surface area contributed by atoms with Crippen LogP contribution in [0, 0.1) is 13.8 Å². The third kappa shape index (κ3) is 4.31. The molecule has 0 saturated heterocycles. The Bertz CT molecular complexity index is 1180. The number of fused-ring (bicyclic) bond motifs is 1. The quantitative estimate of drug-likeness (QED) is 0.430. The zero-order valence-corrected chi connectivity index (χ0v) is 18.7. The predicted molar refractivity (Wildman–Crippen MR) is 122 cm³/mol. The third-order valence-electron chi connectivity index (χ3n) is 5.07. The molecule has 0 aliphatic carbocycles. The fraction of sp³-hybridized carbons (Fsp3) is 0.261. The highest BCUT2D eigenvalue weighted by Gasteiger charge is 2.16. The molecule has 0 radical (unpaired) electrons. The highest BCUT2D eigenvalue weighted by molar-refractivity contribution is 9.10. The zero-order valence-electron chi connectivity index (χ0n) is 17.1. The number of nitrogens with zero attached hydrogens (tertiary/aromatic N) is 4. The van der Waals surface area contributed by atoms with Crippen LogP contribution < -0.4 is 5.32 Å². The van der Waals surface area contributed by atoms with Crippen molar-refractivity contribution < 1.29 is 4.79 Å². The minimum Gasteiger partial charge on any atom is -0.352 e. The Balaban J connectivity index is 1.45. The van der Waals surface area contributed by atoms with Gasteiger partial charge in [0.15, 0.2) is 11.5 Å². The summed E-state index contributed by atoms with van der Waals surface area (Å²) in [6, 6.07) is 13.9. The number of hydrogen-bond acceptors (Lipinski definition) is 3. The van der Waals surface area contributed by atoms with Crippen LogP contribution in [0.15, 0.2) is 59.3 Å². The summed E-state index contributed by atoms with van der Waals surface area (Å²) in [5.74, 6) is 0.909. The normalized spacial score (nSPS) is 11.2. The molecule has 0 atom stereocenters. The Kier molecular flexibility index (Phi) is 5.99. The molecule has 0 bridgehead atoms. The summed E-state index contributed by atoms with van der Waals surface area (Å²) in [6.45, 7) is 5.23. The van der Waals surface area contributed by atoms with E-state index in [-0.39, 0.29) is 5.91 Å². The first-order valence-electron chi connectivity index (χ1n) is 10.0. The molecule has 6 nitrogen and oxygen atoms in total. The molecule has 0 aliphatic rings. The molecule has 0 saturated carbocycles. The Labute approximate surface area is 184 Å². The molecule has 0 fully saturated rings. The van der Waals surface area contributed by atoms with Gasteiger partial charge in [-0.1, -0.05) is 34.1 Å². The largest absolute Gasteiger partial charge is 0.352 e. The highest BCUT2D eigenvalue weighted by Crippen LogP contribution is 2.25. The van der Waals surface area contributed by atoms with Gasteiger partial charge in [0.25, 0.3) is 0 Å². The molecular weight excluding hydrogens is 442 g/mol. The van der Waals surface area contributed by atoms with Crippen molar-refractivity contribution in [3.63, 3.8) is 0 Å². The van der Waals surface area contributed by atoms with E-state index in [1.54, 1.807) is 0 Å². The van der Waals surface area contributed by atoms with E-state index in [0.717, 1.165) is 38.1 Å². The van der Waals surface area contributed by atoms with Crippen molar-refractivity contribution in [2.24, 2.45) is 0 Å². The van der Waals surface area contributed by atoms with E-state index in [1.807, 2.05) is 65.0 Å². The summed E-state index contributed by atoms with van der Waals surface area (Å²) >= 11 is 3.51. The van der Waals surface area contributed by atoms with Gasteiger partial charge in [-0.05, 0) is 55.7 Å². The lowest BCUT2D eigenvalue weighted by Gasteiger charge is -2.07. The molecular formula is C23H24BrN5O. The van der Waals surface area contributed by atoms with E-state index in [9.17, 15) is 4.79 Å². The van der Waals surface area contributed by atoms with E-state index in [0.29, 0.717) is 25.9 Å². The maximum atomic E-state index is 12.3. The average Bonchev–Trinajstić information content (AvgIpc) is 3.36. The summed E-state index contributed by atoms with van der Waals surface area (Å²) in [6.07, 6.45) is 5.11. The maximum Gasteiger partial charge on any atom is 0.220 e. The first kappa shape index (κ1) is 20.3. The van der Waals surface area contributed by atoms with Gasteiger partial charge in [-0.15, -0.1) is 0 Å². The van der Waals surface area contributed by atoms with Crippen molar-refractivity contribution in [2.75, 3.05) is 0 Å². The molecule has 0 unspecified atom stereocenters. The monoisotopic (exact) mass is 465 g/mol. The third-order valence-corrected chi connectivity index (χ3v) is 5.84. The van der Waals surface area contributed by atoms with Crippen molar-refractivity contribution >= 4 is 32.9 Å². The van der Waals surface area contributed by atoms with Crippen LogP contribution in [-0.2, 0) is 17.9 Å². The van der Waals surface area contributed by atoms with Crippen molar-refractivity contribution in [1.29, 1.82) is 0 Å². The van der Waals surface area contributed by atoms with Gasteiger partial charge in [0.05, 0.1) is 5.39 Å². The molecule has 3 aromatic heterocycles. The Morgan fingerprint density at radius 1 is 1.13 bits per heavy atom. The predicted octanol–water partition coefficient (Wildman–Crippen LogP) is 4.70. The van der Waals surface area contributed by atoms with Crippen LogP contribution >= 0.6 is 15.9 Å². The molecule has 30 heavy (non-hydrogen) atoms. The molecule has 4 rings (SSSR count). The molecule has 0 spiro atoms. The summed E-state index contributed by atoms with van der Waals surface area (Å²) < 4.78 is 4.93. The number of amides is 1. The Hall–Kier alpha value is -2.93. The average molecular weight is 466 g/mol. The number of rotatable bonds is 7. The lowest BCUT2D eigenvalue weighted by molar-refractivity contribution is -0.121. The second-order valence-electron chi connectivity index (χ2n) is 7.39. The van der Waals surface area contributed by atoms with Crippen LogP contribution in [0.1, 0.15) is 29.7 Å². The number of carbonyl (C=O) groups excluding carboxylic acids is 1. The molecule has 4 aromatic rings. The molecule has 154 valence electrons. The first-order chi connectivity index (χ1) is 14.5. The molecule has 1 amide bonds. The lowest BCUT2D eigenvalue weighted by Crippen LogP contribution is -2.23. The Morgan fingerprint density at radius 3 is 2.67 bits per heavy atom. The van der Waals surface area contributed by atoms with Crippen molar-refractivity contribution in [2.45, 2.75) is 39.8 Å². The van der Waals surface area contributed by atoms with Crippen LogP contribution in [-0.4, -0.2) is 25.2 Å². The fourth-order valence-corrected chi connectivity index (χ4v) is 4.04. The van der Waals surface area contributed by atoms with Gasteiger partial charge in [0.2, 0.25) is 5.91 Å². The summed E-state index contributed by atoms with van der Waals surface area (Å²) in [5, 5.41) is 8.86. The minimum atomic E-state index is 0.0353. The smallest absolute Gasteiger partial charge is 0.220 e. The second-order valence-corrected chi connectivity index (χ2v) is 8.24. The zero-order chi connectivity index (χ0) is 21.1. The maximum absolute atomic E-state index is 12.3. The van der Waals surface area contributed by atoms with E-state index in [4.69, 9.17) is 10.1 Å². The molecule has 7 heteroatoms. The van der Waals surface area contributed by atoms with Crippen LogP contribution in [0.4, 0.5) is 0 Å². The number of benzene rings is 1. The van der Waals surface area contributed by atoms with E-state index < -0.39 is 0 Å². The van der Waals surface area contributed by atoms with Crippen LogP contribution in [0.5, 0.6) is 0 Å². The van der Waals surface area contributed by atoms with Crippen LogP contribution in [0.2, 0.25) is 0 Å². The van der Waals surface area contributed by atoms with Gasteiger partial charge < -0.3 is 9.88 Å². The van der Waals surface area contributed by atoms with Gasteiger partial charge in [-0.25, -0.2) is 9.67 Å². The first-order valence-corrected chi connectivity index (χ1v) is 10.8. The topological polar surface area (TPSA) is 64.7 Å². The van der Waals surface area contributed by atoms with Crippen LogP contribution in [0.25, 0.3) is 16.9 Å². The lowest BCUT2D eigenvalue weighted by atomic mass is 10.2. The highest BCUT2D eigenvalue weighted by atomic mass is 79.9. The minimum absolute atomic E-state index is 0.0353. The number of aromatic nitrogens is 4.